The molecule has 2 aliphatic rings. The third-order valence-corrected chi connectivity index (χ3v) is 6.14. The van der Waals surface area contributed by atoms with Crippen molar-refractivity contribution in [2.24, 2.45) is 0 Å². The van der Waals surface area contributed by atoms with Gasteiger partial charge in [0.2, 0.25) is 0 Å². The van der Waals surface area contributed by atoms with E-state index in [1.807, 2.05) is 6.07 Å². The Morgan fingerprint density at radius 3 is 2.38 bits per heavy atom. The molecule has 2 unspecified atom stereocenters. The Kier molecular flexibility index (Phi) is 8.25. The first-order valence-electron chi connectivity index (χ1n) is 11.8. The molecule has 2 aromatic rings. The van der Waals surface area contributed by atoms with Crippen LogP contribution < -0.4 is 5.48 Å². The Balaban J connectivity index is 1.37. The molecule has 2 atom stereocenters. The molecule has 1 heterocycles. The van der Waals surface area contributed by atoms with E-state index >= 15 is 0 Å². The van der Waals surface area contributed by atoms with E-state index in [4.69, 9.17) is 14.3 Å². The Labute approximate surface area is 209 Å². The maximum Gasteiger partial charge on any atom is 0.416 e. The number of hydrogen-bond acceptors (Lipinski definition) is 4. The largest absolute Gasteiger partial charge is 0.416 e. The van der Waals surface area contributed by atoms with Gasteiger partial charge in [0.1, 0.15) is 0 Å². The molecule has 1 N–H and O–H groups in total. The fourth-order valence-corrected chi connectivity index (χ4v) is 4.31. The number of alkyl halides is 6. The molecule has 0 radical (unpaired) electrons. The van der Waals surface area contributed by atoms with Crippen LogP contribution in [0.25, 0.3) is 6.08 Å². The number of ether oxygens (including phenoxy) is 2. The fraction of sp³-hybridized carbons (Fsp3) is 0.423. The van der Waals surface area contributed by atoms with Gasteiger partial charge in [-0.3, -0.25) is 4.79 Å². The highest BCUT2D eigenvalue weighted by atomic mass is 19.4. The van der Waals surface area contributed by atoms with Gasteiger partial charge in [0.05, 0.1) is 23.8 Å². The molecule has 1 fully saturated rings. The van der Waals surface area contributed by atoms with Crippen LogP contribution in [0.4, 0.5) is 26.3 Å². The van der Waals surface area contributed by atoms with Crippen LogP contribution in [-0.2, 0) is 44.5 Å². The zero-order valence-electron chi connectivity index (χ0n) is 19.6. The van der Waals surface area contributed by atoms with E-state index in [0.717, 1.165) is 29.5 Å². The second-order valence-electron chi connectivity index (χ2n) is 8.92. The third kappa shape index (κ3) is 7.33. The van der Waals surface area contributed by atoms with Gasteiger partial charge in [-0.1, -0.05) is 18.2 Å². The zero-order valence-corrected chi connectivity index (χ0v) is 19.6. The van der Waals surface area contributed by atoms with E-state index < -0.39 is 48.4 Å². The SMILES string of the molecule is O=C(/C=C/c1ccc2c(c1)CCC2OCc1cc(C(F)(F)F)cc(C(F)(F)F)c1)NOC1CCCCO1. The number of benzene rings is 2. The molecule has 1 amide bonds. The van der Waals surface area contributed by atoms with Crippen molar-refractivity contribution < 1.29 is 45.4 Å². The van der Waals surface area contributed by atoms with Gasteiger partial charge in [-0.15, -0.1) is 0 Å². The van der Waals surface area contributed by atoms with Gasteiger partial charge in [-0.2, -0.15) is 26.3 Å². The lowest BCUT2D eigenvalue weighted by Gasteiger charge is -2.21. The van der Waals surface area contributed by atoms with Crippen LogP contribution in [-0.4, -0.2) is 18.8 Å². The number of halogens is 6. The lowest BCUT2D eigenvalue weighted by molar-refractivity contribution is -0.198. The van der Waals surface area contributed by atoms with Crippen molar-refractivity contribution in [1.82, 2.24) is 5.48 Å². The Bertz CT molecular complexity index is 1110. The normalized spacial score (nSPS) is 20.3. The van der Waals surface area contributed by atoms with Gasteiger partial charge in [-0.05, 0) is 72.2 Å². The average molecular weight is 529 g/mol. The smallest absolute Gasteiger partial charge is 0.369 e. The van der Waals surface area contributed by atoms with Crippen LogP contribution in [0, 0.1) is 0 Å². The number of aryl methyl sites for hydroxylation is 1. The molecule has 2 aromatic carbocycles. The molecule has 37 heavy (non-hydrogen) atoms. The summed E-state index contributed by atoms with van der Waals surface area (Å²) < 4.78 is 89.7. The summed E-state index contributed by atoms with van der Waals surface area (Å²) in [5, 5.41) is 0. The number of carbonyl (C=O) groups excluding carboxylic acids is 1. The molecule has 5 nitrogen and oxygen atoms in total. The quantitative estimate of drug-likeness (QED) is 0.252. The number of amides is 1. The van der Waals surface area contributed by atoms with Crippen molar-refractivity contribution in [3.05, 3.63) is 75.9 Å². The van der Waals surface area contributed by atoms with Crippen molar-refractivity contribution in [3.8, 4) is 0 Å². The number of hydroxylamine groups is 1. The van der Waals surface area contributed by atoms with Crippen LogP contribution in [0.5, 0.6) is 0 Å². The molecular weight excluding hydrogens is 504 g/mol. The van der Waals surface area contributed by atoms with Crippen molar-refractivity contribution in [2.45, 2.75) is 63.5 Å². The molecule has 11 heteroatoms. The summed E-state index contributed by atoms with van der Waals surface area (Å²) in [7, 11) is 0. The van der Waals surface area contributed by atoms with E-state index in [2.05, 4.69) is 5.48 Å². The fourth-order valence-electron chi connectivity index (χ4n) is 4.31. The van der Waals surface area contributed by atoms with Crippen LogP contribution in [0.3, 0.4) is 0 Å². The van der Waals surface area contributed by atoms with Gasteiger partial charge in [0.15, 0.2) is 6.29 Å². The number of nitrogens with one attached hydrogen (secondary N) is 1. The Morgan fingerprint density at radius 2 is 1.73 bits per heavy atom. The lowest BCUT2D eigenvalue weighted by atomic mass is 10.0. The minimum atomic E-state index is -4.91. The van der Waals surface area contributed by atoms with Crippen molar-refractivity contribution in [2.75, 3.05) is 6.61 Å². The predicted molar refractivity (Wildman–Crippen MR) is 121 cm³/mol. The van der Waals surface area contributed by atoms with Crippen LogP contribution >= 0.6 is 0 Å². The summed E-state index contributed by atoms with van der Waals surface area (Å²) >= 11 is 0. The van der Waals surface area contributed by atoms with E-state index in [9.17, 15) is 31.1 Å². The van der Waals surface area contributed by atoms with Crippen LogP contribution in [0.2, 0.25) is 0 Å². The van der Waals surface area contributed by atoms with Gasteiger partial charge in [0.25, 0.3) is 5.91 Å². The van der Waals surface area contributed by atoms with E-state index in [1.54, 1.807) is 18.2 Å². The first kappa shape index (κ1) is 27.2. The molecule has 200 valence electrons. The summed E-state index contributed by atoms with van der Waals surface area (Å²) in [5.41, 5.74) is 1.87. The lowest BCUT2D eigenvalue weighted by Crippen LogP contribution is -2.32. The second-order valence-corrected chi connectivity index (χ2v) is 8.92. The predicted octanol–water partition coefficient (Wildman–Crippen LogP) is 6.52. The van der Waals surface area contributed by atoms with E-state index in [-0.39, 0.29) is 11.6 Å². The maximum atomic E-state index is 13.1. The van der Waals surface area contributed by atoms with Crippen molar-refractivity contribution in [3.63, 3.8) is 0 Å². The molecule has 0 bridgehead atoms. The highest BCUT2D eigenvalue weighted by Gasteiger charge is 2.37. The summed E-state index contributed by atoms with van der Waals surface area (Å²) in [6, 6.07) is 6.84. The summed E-state index contributed by atoms with van der Waals surface area (Å²) in [5.74, 6) is -0.449. The average Bonchev–Trinajstić information content (AvgIpc) is 3.26. The van der Waals surface area contributed by atoms with E-state index in [0.29, 0.717) is 38.0 Å². The highest BCUT2D eigenvalue weighted by Crippen LogP contribution is 2.38. The van der Waals surface area contributed by atoms with Crippen molar-refractivity contribution in [1.29, 1.82) is 0 Å². The number of hydrogen-bond donors (Lipinski definition) is 1. The van der Waals surface area contributed by atoms with Gasteiger partial charge in [-0.25, -0.2) is 10.3 Å². The van der Waals surface area contributed by atoms with Crippen LogP contribution in [0.15, 0.2) is 42.5 Å². The monoisotopic (exact) mass is 529 g/mol. The van der Waals surface area contributed by atoms with Gasteiger partial charge in [0, 0.05) is 19.1 Å². The molecule has 0 spiro atoms. The Hall–Kier alpha value is -2.89. The molecule has 0 saturated carbocycles. The molecule has 4 rings (SSSR count). The number of rotatable bonds is 7. The molecule has 0 aromatic heterocycles. The minimum absolute atomic E-state index is 0.0968. The second kappa shape index (κ2) is 11.2. The minimum Gasteiger partial charge on any atom is -0.369 e. The molecule has 1 aliphatic heterocycles. The van der Waals surface area contributed by atoms with Crippen molar-refractivity contribution >= 4 is 12.0 Å². The zero-order chi connectivity index (χ0) is 26.6. The standard InChI is InChI=1S/C26H25F6NO4/c27-25(28,29)19-12-17(13-20(14-19)26(30,31)32)15-36-22-8-6-18-11-16(4-7-21(18)22)5-9-23(34)33-37-24-3-1-2-10-35-24/h4-5,7,9,11-14,22,24H,1-3,6,8,10,15H2,(H,33,34)/b9-5+. The van der Waals surface area contributed by atoms with E-state index in [1.165, 1.54) is 6.08 Å². The number of fused-ring (bicyclic) bond motifs is 1. The maximum absolute atomic E-state index is 13.1. The molecule has 1 saturated heterocycles. The first-order chi connectivity index (χ1) is 17.5. The van der Waals surface area contributed by atoms with Gasteiger partial charge < -0.3 is 9.47 Å². The first-order valence-corrected chi connectivity index (χ1v) is 11.8. The van der Waals surface area contributed by atoms with Gasteiger partial charge >= 0.3 is 12.4 Å². The molecule has 1 aliphatic carbocycles. The highest BCUT2D eigenvalue weighted by molar-refractivity contribution is 5.91. The summed E-state index contributed by atoms with van der Waals surface area (Å²) in [6.45, 7) is 0.189. The molecular formula is C26H25F6NO4. The number of carbonyl (C=O) groups is 1. The topological polar surface area (TPSA) is 56.8 Å². The third-order valence-electron chi connectivity index (χ3n) is 6.14. The Morgan fingerprint density at radius 1 is 1.00 bits per heavy atom. The summed E-state index contributed by atoms with van der Waals surface area (Å²) in [4.78, 5) is 17.2. The summed E-state index contributed by atoms with van der Waals surface area (Å²) in [6.07, 6.45) is -4.05. The van der Waals surface area contributed by atoms with Crippen LogP contribution in [0.1, 0.15) is 65.2 Å².